The summed E-state index contributed by atoms with van der Waals surface area (Å²) in [6.45, 7) is 4.37. The van der Waals surface area contributed by atoms with Crippen LogP contribution in [0.2, 0.25) is 0 Å². The SMILES string of the molecule is CCCCCCCCC(O)CCC.O=C=C1C=CC=CC1O. The Morgan fingerprint density at radius 2 is 1.73 bits per heavy atom. The number of hydrogen-bond acceptors (Lipinski definition) is 3. The first-order valence-corrected chi connectivity index (χ1v) is 8.61. The smallest absolute Gasteiger partial charge is 0.131 e. The summed E-state index contributed by atoms with van der Waals surface area (Å²) in [6, 6.07) is 0. The van der Waals surface area contributed by atoms with Gasteiger partial charge in [-0.3, -0.25) is 0 Å². The third-order valence-electron chi connectivity index (χ3n) is 3.63. The molecular weight excluding hydrogens is 276 g/mol. The van der Waals surface area contributed by atoms with E-state index in [4.69, 9.17) is 5.11 Å². The molecule has 1 aliphatic rings. The molecule has 0 fully saturated rings. The second-order valence-corrected chi connectivity index (χ2v) is 5.75. The number of aliphatic hydroxyl groups excluding tert-OH is 2. The Morgan fingerprint density at radius 3 is 2.27 bits per heavy atom. The van der Waals surface area contributed by atoms with Crippen LogP contribution in [0, 0.1) is 0 Å². The van der Waals surface area contributed by atoms with Crippen LogP contribution in [-0.4, -0.2) is 28.4 Å². The summed E-state index contributed by atoms with van der Waals surface area (Å²) < 4.78 is 0. The Labute approximate surface area is 135 Å². The van der Waals surface area contributed by atoms with E-state index in [1.165, 1.54) is 50.7 Å². The van der Waals surface area contributed by atoms with Gasteiger partial charge < -0.3 is 10.2 Å². The second-order valence-electron chi connectivity index (χ2n) is 5.75. The Morgan fingerprint density at radius 1 is 1.05 bits per heavy atom. The van der Waals surface area contributed by atoms with Crippen molar-refractivity contribution in [2.45, 2.75) is 83.8 Å². The van der Waals surface area contributed by atoms with Gasteiger partial charge in [-0.25, -0.2) is 4.79 Å². The Hall–Kier alpha value is -1.15. The van der Waals surface area contributed by atoms with Crippen LogP contribution in [0.15, 0.2) is 29.9 Å². The zero-order chi connectivity index (χ0) is 16.6. The molecule has 0 saturated carbocycles. The highest BCUT2D eigenvalue weighted by molar-refractivity contribution is 5.61. The van der Waals surface area contributed by atoms with E-state index in [0.29, 0.717) is 0 Å². The molecule has 0 aromatic rings. The number of rotatable bonds is 9. The van der Waals surface area contributed by atoms with Gasteiger partial charge in [0.25, 0.3) is 0 Å². The molecule has 0 spiro atoms. The molecule has 2 atom stereocenters. The molecule has 0 aromatic carbocycles. The molecule has 0 heterocycles. The molecule has 1 rings (SSSR count). The first-order valence-electron chi connectivity index (χ1n) is 8.61. The second kappa shape index (κ2) is 14.8. The molecule has 1 aliphatic carbocycles. The molecule has 0 saturated heterocycles. The van der Waals surface area contributed by atoms with E-state index in [0.717, 1.165) is 19.3 Å². The molecule has 3 nitrogen and oxygen atoms in total. The minimum atomic E-state index is -0.757. The van der Waals surface area contributed by atoms with Gasteiger partial charge in [0.2, 0.25) is 0 Å². The van der Waals surface area contributed by atoms with E-state index in [2.05, 4.69) is 13.8 Å². The van der Waals surface area contributed by atoms with Crippen LogP contribution in [0.1, 0.15) is 71.6 Å². The van der Waals surface area contributed by atoms with Crippen molar-refractivity contribution in [3.8, 4) is 0 Å². The maximum absolute atomic E-state index is 9.96. The van der Waals surface area contributed by atoms with Crippen molar-refractivity contribution in [2.75, 3.05) is 0 Å². The summed E-state index contributed by atoms with van der Waals surface area (Å²) in [6.07, 6.45) is 16.7. The lowest BCUT2D eigenvalue weighted by Crippen LogP contribution is -2.06. The normalized spacial score (nSPS) is 17.6. The van der Waals surface area contributed by atoms with Crippen molar-refractivity contribution in [1.29, 1.82) is 0 Å². The highest BCUT2D eigenvalue weighted by Crippen LogP contribution is 2.10. The van der Waals surface area contributed by atoms with Gasteiger partial charge in [0.15, 0.2) is 0 Å². The molecular formula is C19H32O3. The monoisotopic (exact) mass is 308 g/mol. The Bertz CT molecular complexity index is 365. The summed E-state index contributed by atoms with van der Waals surface area (Å²) in [5.41, 5.74) is 0.289. The minimum Gasteiger partial charge on any atom is -0.393 e. The predicted octanol–water partition coefficient (Wildman–Crippen LogP) is 4.13. The molecule has 0 radical (unpaired) electrons. The molecule has 2 N–H and O–H groups in total. The number of unbranched alkanes of at least 4 members (excludes halogenated alkanes) is 5. The van der Waals surface area contributed by atoms with Gasteiger partial charge in [0.05, 0.1) is 11.7 Å². The lowest BCUT2D eigenvalue weighted by atomic mass is 10.0. The fraction of sp³-hybridized carbons (Fsp3) is 0.684. The van der Waals surface area contributed by atoms with Gasteiger partial charge in [-0.2, -0.15) is 0 Å². The van der Waals surface area contributed by atoms with Crippen molar-refractivity contribution < 1.29 is 15.0 Å². The molecule has 0 aromatic heterocycles. The van der Waals surface area contributed by atoms with Crippen LogP contribution in [0.4, 0.5) is 0 Å². The van der Waals surface area contributed by atoms with Crippen LogP contribution in [0.25, 0.3) is 0 Å². The van der Waals surface area contributed by atoms with Gasteiger partial charge in [0.1, 0.15) is 12.0 Å². The third kappa shape index (κ3) is 11.5. The first kappa shape index (κ1) is 20.9. The summed E-state index contributed by atoms with van der Waals surface area (Å²) >= 11 is 0. The third-order valence-corrected chi connectivity index (χ3v) is 3.63. The maximum Gasteiger partial charge on any atom is 0.131 e. The molecule has 0 bridgehead atoms. The van der Waals surface area contributed by atoms with Crippen molar-refractivity contribution in [3.63, 3.8) is 0 Å². The zero-order valence-corrected chi connectivity index (χ0v) is 14.1. The molecule has 0 amide bonds. The summed E-state index contributed by atoms with van der Waals surface area (Å²) in [5.74, 6) is 1.63. The lowest BCUT2D eigenvalue weighted by Gasteiger charge is -2.08. The zero-order valence-electron chi connectivity index (χ0n) is 14.1. The fourth-order valence-electron chi connectivity index (χ4n) is 2.26. The summed E-state index contributed by atoms with van der Waals surface area (Å²) in [7, 11) is 0. The van der Waals surface area contributed by atoms with Crippen LogP contribution in [0.3, 0.4) is 0 Å². The van der Waals surface area contributed by atoms with E-state index in [1.807, 2.05) is 0 Å². The number of hydrogen-bond donors (Lipinski definition) is 2. The van der Waals surface area contributed by atoms with Crippen molar-refractivity contribution in [3.05, 3.63) is 29.9 Å². The van der Waals surface area contributed by atoms with Gasteiger partial charge in [0, 0.05) is 0 Å². The average molecular weight is 308 g/mol. The Kier molecular flexibility index (Phi) is 14.0. The maximum atomic E-state index is 9.96. The van der Waals surface area contributed by atoms with E-state index in [1.54, 1.807) is 18.1 Å². The topological polar surface area (TPSA) is 57.5 Å². The van der Waals surface area contributed by atoms with Gasteiger partial charge >= 0.3 is 0 Å². The number of carbonyl (C=O) groups excluding carboxylic acids is 1. The van der Waals surface area contributed by atoms with Crippen molar-refractivity contribution >= 4 is 5.94 Å². The van der Waals surface area contributed by atoms with Crippen LogP contribution < -0.4 is 0 Å². The number of aliphatic hydroxyl groups is 2. The standard InChI is InChI=1S/C12H26O.C7H6O2/c1-3-5-6-7-8-9-11-12(13)10-4-2;8-5-6-3-1-2-4-7(6)9/h12-13H,3-11H2,1-2H3;1-4,7,9H. The van der Waals surface area contributed by atoms with Crippen molar-refractivity contribution in [2.24, 2.45) is 0 Å². The molecule has 2 unspecified atom stereocenters. The van der Waals surface area contributed by atoms with Crippen molar-refractivity contribution in [1.82, 2.24) is 0 Å². The van der Waals surface area contributed by atoms with E-state index < -0.39 is 6.10 Å². The largest absolute Gasteiger partial charge is 0.393 e. The predicted molar refractivity (Wildman–Crippen MR) is 92.4 cm³/mol. The van der Waals surface area contributed by atoms with E-state index in [9.17, 15) is 9.90 Å². The Balaban J connectivity index is 0.000000425. The van der Waals surface area contributed by atoms with Gasteiger partial charge in [-0.15, -0.1) is 0 Å². The molecule has 0 aliphatic heterocycles. The van der Waals surface area contributed by atoms with Gasteiger partial charge in [-0.1, -0.05) is 77.0 Å². The first-order chi connectivity index (χ1) is 10.7. The van der Waals surface area contributed by atoms with Crippen LogP contribution in [0.5, 0.6) is 0 Å². The van der Waals surface area contributed by atoms with Crippen LogP contribution >= 0.6 is 0 Å². The average Bonchev–Trinajstić information content (AvgIpc) is 2.52. The lowest BCUT2D eigenvalue weighted by molar-refractivity contribution is 0.150. The summed E-state index contributed by atoms with van der Waals surface area (Å²) in [4.78, 5) is 9.96. The molecule has 3 heteroatoms. The minimum absolute atomic E-state index is 0.0313. The van der Waals surface area contributed by atoms with E-state index >= 15 is 0 Å². The van der Waals surface area contributed by atoms with E-state index in [-0.39, 0.29) is 11.7 Å². The fourth-order valence-corrected chi connectivity index (χ4v) is 2.26. The highest BCUT2D eigenvalue weighted by Gasteiger charge is 2.06. The van der Waals surface area contributed by atoms with Gasteiger partial charge in [-0.05, 0) is 18.9 Å². The molecule has 126 valence electrons. The van der Waals surface area contributed by atoms with Crippen LogP contribution in [-0.2, 0) is 4.79 Å². The summed E-state index contributed by atoms with van der Waals surface area (Å²) in [5, 5.41) is 18.4. The highest BCUT2D eigenvalue weighted by atomic mass is 16.3. The quantitative estimate of drug-likeness (QED) is 0.497. The molecule has 22 heavy (non-hydrogen) atoms. The number of allylic oxidation sites excluding steroid dienone is 2.